The number of aryl methyl sites for hydroxylation is 1. The Morgan fingerprint density at radius 3 is 2.81 bits per heavy atom. The van der Waals surface area contributed by atoms with E-state index in [0.29, 0.717) is 6.42 Å². The average Bonchev–Trinajstić information content (AvgIpc) is 2.91. The maximum atomic E-state index is 11.9. The molecule has 5 heteroatoms. The van der Waals surface area contributed by atoms with Gasteiger partial charge in [-0.05, 0) is 48.1 Å². The zero-order valence-electron chi connectivity index (χ0n) is 12.2. The maximum absolute atomic E-state index is 11.9. The summed E-state index contributed by atoms with van der Waals surface area (Å²) >= 11 is 1.69. The summed E-state index contributed by atoms with van der Waals surface area (Å²) in [6.07, 6.45) is 0.693. The van der Waals surface area contributed by atoms with Crippen LogP contribution in [0.3, 0.4) is 0 Å². The molecule has 1 aromatic heterocycles. The predicted octanol–water partition coefficient (Wildman–Crippen LogP) is 3.62. The summed E-state index contributed by atoms with van der Waals surface area (Å²) in [7, 11) is 0. The van der Waals surface area contributed by atoms with Crippen molar-refractivity contribution in [3.63, 3.8) is 0 Å². The van der Waals surface area contributed by atoms with Crippen molar-refractivity contribution in [3.05, 3.63) is 41.3 Å². The number of nitrogens with one attached hydrogen (secondary N) is 2. The Kier molecular flexibility index (Phi) is 5.36. The van der Waals surface area contributed by atoms with Crippen LogP contribution in [0, 0.1) is 6.92 Å². The topological polar surface area (TPSA) is 61.4 Å². The van der Waals surface area contributed by atoms with Crippen LogP contribution in [-0.4, -0.2) is 23.8 Å². The van der Waals surface area contributed by atoms with E-state index in [4.69, 9.17) is 5.11 Å². The summed E-state index contributed by atoms with van der Waals surface area (Å²) in [5, 5.41) is 16.7. The second-order valence-corrected chi connectivity index (χ2v) is 5.82. The zero-order chi connectivity index (χ0) is 15.2. The van der Waals surface area contributed by atoms with Gasteiger partial charge in [0.25, 0.3) is 0 Å². The van der Waals surface area contributed by atoms with Crippen molar-refractivity contribution >= 4 is 23.1 Å². The number of hydrogen-bond acceptors (Lipinski definition) is 3. The molecule has 2 rings (SSSR count). The molecule has 0 radical (unpaired) electrons. The molecule has 21 heavy (non-hydrogen) atoms. The highest BCUT2D eigenvalue weighted by Crippen LogP contribution is 2.30. The molecule has 1 heterocycles. The second-order valence-electron chi connectivity index (χ2n) is 4.90. The average molecular weight is 304 g/mol. The van der Waals surface area contributed by atoms with Crippen LogP contribution in [0.4, 0.5) is 10.5 Å². The number of carbonyl (C=O) groups is 1. The quantitative estimate of drug-likeness (QED) is 0.790. The van der Waals surface area contributed by atoms with Gasteiger partial charge >= 0.3 is 6.03 Å². The van der Waals surface area contributed by atoms with Crippen molar-refractivity contribution in [1.82, 2.24) is 5.32 Å². The molecule has 0 aliphatic heterocycles. The first-order valence-electron chi connectivity index (χ1n) is 6.97. The van der Waals surface area contributed by atoms with E-state index in [1.165, 1.54) is 10.4 Å². The molecule has 0 saturated heterocycles. The van der Waals surface area contributed by atoms with Crippen LogP contribution in [0.15, 0.2) is 35.7 Å². The van der Waals surface area contributed by atoms with Crippen molar-refractivity contribution in [2.24, 2.45) is 0 Å². The summed E-state index contributed by atoms with van der Waals surface area (Å²) < 4.78 is 0. The third kappa shape index (κ3) is 4.06. The first-order chi connectivity index (χ1) is 10.1. The number of aliphatic hydroxyl groups is 1. The molecule has 3 N–H and O–H groups in total. The normalized spacial score (nSPS) is 12.0. The molecule has 1 aromatic carbocycles. The number of rotatable bonds is 5. The first-order valence-corrected chi connectivity index (χ1v) is 7.85. The fourth-order valence-electron chi connectivity index (χ4n) is 2.04. The van der Waals surface area contributed by atoms with Crippen molar-refractivity contribution in [2.75, 3.05) is 11.9 Å². The standard InChI is InChI=1S/C16H20N2O2S/c1-3-13(10-19)17-16(20)18-14-6-4-5-12(9-14)15-11(2)7-8-21-15/h4-9,13,19H,3,10H2,1-2H3,(H2,17,18,20). The molecule has 112 valence electrons. The molecule has 0 aliphatic carbocycles. The van der Waals surface area contributed by atoms with Gasteiger partial charge in [-0.3, -0.25) is 0 Å². The Bertz CT molecular complexity index is 606. The number of benzene rings is 1. The van der Waals surface area contributed by atoms with Gasteiger partial charge in [0, 0.05) is 10.6 Å². The molecule has 0 bridgehead atoms. The van der Waals surface area contributed by atoms with Crippen LogP contribution in [0.5, 0.6) is 0 Å². The van der Waals surface area contributed by atoms with Gasteiger partial charge in [0.05, 0.1) is 12.6 Å². The van der Waals surface area contributed by atoms with Crippen LogP contribution in [-0.2, 0) is 0 Å². The maximum Gasteiger partial charge on any atom is 0.319 e. The van der Waals surface area contributed by atoms with E-state index in [0.717, 1.165) is 11.3 Å². The third-order valence-electron chi connectivity index (χ3n) is 3.29. The van der Waals surface area contributed by atoms with Gasteiger partial charge in [-0.25, -0.2) is 4.79 Å². The minimum atomic E-state index is -0.295. The summed E-state index contributed by atoms with van der Waals surface area (Å²) in [5.41, 5.74) is 3.06. The molecule has 1 unspecified atom stereocenters. The number of thiophene rings is 1. The number of amides is 2. The van der Waals surface area contributed by atoms with Crippen LogP contribution >= 0.6 is 11.3 Å². The number of hydrogen-bond donors (Lipinski definition) is 3. The Morgan fingerprint density at radius 1 is 1.38 bits per heavy atom. The molecule has 0 saturated carbocycles. The zero-order valence-corrected chi connectivity index (χ0v) is 13.0. The third-order valence-corrected chi connectivity index (χ3v) is 4.36. The van der Waals surface area contributed by atoms with Gasteiger partial charge in [-0.1, -0.05) is 19.1 Å². The van der Waals surface area contributed by atoms with Gasteiger partial charge in [-0.15, -0.1) is 11.3 Å². The predicted molar refractivity (Wildman–Crippen MR) is 87.8 cm³/mol. The van der Waals surface area contributed by atoms with Crippen LogP contribution in [0.2, 0.25) is 0 Å². The molecular formula is C16H20N2O2S. The highest BCUT2D eigenvalue weighted by molar-refractivity contribution is 7.13. The van der Waals surface area contributed by atoms with Crippen LogP contribution in [0.25, 0.3) is 10.4 Å². The molecule has 0 spiro atoms. The number of aliphatic hydroxyl groups excluding tert-OH is 1. The van der Waals surface area contributed by atoms with E-state index >= 15 is 0 Å². The molecule has 0 fully saturated rings. The summed E-state index contributed by atoms with van der Waals surface area (Å²) in [6, 6.07) is 9.34. The van der Waals surface area contributed by atoms with Gasteiger partial charge < -0.3 is 15.7 Å². The van der Waals surface area contributed by atoms with E-state index in [2.05, 4.69) is 29.0 Å². The molecule has 0 aliphatic rings. The van der Waals surface area contributed by atoms with E-state index in [-0.39, 0.29) is 18.7 Å². The number of urea groups is 1. The molecule has 4 nitrogen and oxygen atoms in total. The Balaban J connectivity index is 2.08. The lowest BCUT2D eigenvalue weighted by Crippen LogP contribution is -2.39. The van der Waals surface area contributed by atoms with Gasteiger partial charge in [-0.2, -0.15) is 0 Å². The summed E-state index contributed by atoms with van der Waals surface area (Å²) in [6.45, 7) is 3.94. The number of anilines is 1. The number of carbonyl (C=O) groups excluding carboxylic acids is 1. The fraction of sp³-hybridized carbons (Fsp3) is 0.312. The Labute approximate surface area is 128 Å². The van der Waals surface area contributed by atoms with Gasteiger partial charge in [0.15, 0.2) is 0 Å². The monoisotopic (exact) mass is 304 g/mol. The Hall–Kier alpha value is -1.85. The van der Waals surface area contributed by atoms with Gasteiger partial charge in [0.1, 0.15) is 0 Å². The van der Waals surface area contributed by atoms with Crippen molar-refractivity contribution in [3.8, 4) is 10.4 Å². The van der Waals surface area contributed by atoms with E-state index in [1.807, 2.05) is 31.2 Å². The van der Waals surface area contributed by atoms with Crippen molar-refractivity contribution in [2.45, 2.75) is 26.3 Å². The fourth-order valence-corrected chi connectivity index (χ4v) is 2.96. The highest BCUT2D eigenvalue weighted by Gasteiger charge is 2.10. The van der Waals surface area contributed by atoms with Crippen LogP contribution in [0.1, 0.15) is 18.9 Å². The molecular weight excluding hydrogens is 284 g/mol. The lowest BCUT2D eigenvalue weighted by molar-refractivity contribution is 0.222. The molecule has 1 atom stereocenters. The highest BCUT2D eigenvalue weighted by atomic mass is 32.1. The minimum Gasteiger partial charge on any atom is -0.394 e. The van der Waals surface area contributed by atoms with E-state index < -0.39 is 0 Å². The van der Waals surface area contributed by atoms with Crippen molar-refractivity contribution < 1.29 is 9.90 Å². The van der Waals surface area contributed by atoms with Gasteiger partial charge in [0.2, 0.25) is 0 Å². The minimum absolute atomic E-state index is 0.0572. The Morgan fingerprint density at radius 2 is 2.19 bits per heavy atom. The van der Waals surface area contributed by atoms with Crippen molar-refractivity contribution in [1.29, 1.82) is 0 Å². The largest absolute Gasteiger partial charge is 0.394 e. The smallest absolute Gasteiger partial charge is 0.319 e. The molecule has 2 aromatic rings. The summed E-state index contributed by atoms with van der Waals surface area (Å²) in [5.74, 6) is 0. The summed E-state index contributed by atoms with van der Waals surface area (Å²) in [4.78, 5) is 13.1. The molecule has 2 amide bonds. The first kappa shape index (κ1) is 15.5. The van der Waals surface area contributed by atoms with Crippen LogP contribution < -0.4 is 10.6 Å². The van der Waals surface area contributed by atoms with E-state index in [1.54, 1.807) is 11.3 Å². The lowest BCUT2D eigenvalue weighted by atomic mass is 10.1. The van der Waals surface area contributed by atoms with E-state index in [9.17, 15) is 4.79 Å². The second kappa shape index (κ2) is 7.24. The lowest BCUT2D eigenvalue weighted by Gasteiger charge is -2.15. The SMILES string of the molecule is CCC(CO)NC(=O)Nc1cccc(-c2sccc2C)c1.